The summed E-state index contributed by atoms with van der Waals surface area (Å²) in [4.78, 5) is 33.4. The number of thioether (sulfide) groups is 1. The first kappa shape index (κ1) is 20.9. The van der Waals surface area contributed by atoms with Gasteiger partial charge in [-0.2, -0.15) is 0 Å². The molecule has 0 N–H and O–H groups in total. The van der Waals surface area contributed by atoms with E-state index in [1.165, 1.54) is 23.1 Å². The fraction of sp³-hybridized carbons (Fsp3) is 0.409. The maximum Gasteiger partial charge on any atom is 0.263 e. The molecule has 8 heteroatoms. The van der Waals surface area contributed by atoms with E-state index in [1.54, 1.807) is 23.0 Å². The maximum atomic E-state index is 13.3. The predicted molar refractivity (Wildman–Crippen MR) is 122 cm³/mol. The Hall–Kier alpha value is -2.32. The number of allylic oxidation sites excluding steroid dienone is 1. The second-order valence-corrected chi connectivity index (χ2v) is 9.74. The molecule has 0 spiro atoms. The van der Waals surface area contributed by atoms with Crippen molar-refractivity contribution in [3.8, 4) is 11.3 Å². The van der Waals surface area contributed by atoms with Gasteiger partial charge in [-0.05, 0) is 30.4 Å². The van der Waals surface area contributed by atoms with Crippen LogP contribution in [-0.2, 0) is 11.3 Å². The molecule has 6 nitrogen and oxygen atoms in total. The van der Waals surface area contributed by atoms with Crippen molar-refractivity contribution in [3.05, 3.63) is 46.8 Å². The summed E-state index contributed by atoms with van der Waals surface area (Å²) >= 11 is 2.73. The fourth-order valence-corrected chi connectivity index (χ4v) is 5.98. The van der Waals surface area contributed by atoms with Gasteiger partial charge >= 0.3 is 0 Å². The molecule has 1 amide bonds. The molecule has 0 radical (unpaired) electrons. The number of rotatable bonds is 6. The Balaban J connectivity index is 1.62. The Labute approximate surface area is 183 Å². The first-order valence-electron chi connectivity index (χ1n) is 10.0. The number of carbonyl (C=O) groups is 1. The van der Waals surface area contributed by atoms with Gasteiger partial charge in [-0.1, -0.05) is 31.7 Å². The summed E-state index contributed by atoms with van der Waals surface area (Å²) < 4.78 is 7.08. The van der Waals surface area contributed by atoms with Crippen molar-refractivity contribution in [1.29, 1.82) is 0 Å². The number of aromatic nitrogens is 2. The third kappa shape index (κ3) is 4.11. The topological polar surface area (TPSA) is 68.3 Å². The van der Waals surface area contributed by atoms with Gasteiger partial charge in [0.1, 0.15) is 10.6 Å². The van der Waals surface area contributed by atoms with Crippen molar-refractivity contribution in [3.63, 3.8) is 0 Å². The van der Waals surface area contributed by atoms with Crippen LogP contribution in [0.2, 0.25) is 0 Å². The van der Waals surface area contributed by atoms with E-state index in [9.17, 15) is 9.59 Å². The molecule has 1 aliphatic heterocycles. The zero-order valence-corrected chi connectivity index (χ0v) is 18.8. The molecule has 1 aliphatic rings. The van der Waals surface area contributed by atoms with Crippen molar-refractivity contribution in [2.75, 3.05) is 18.8 Å². The van der Waals surface area contributed by atoms with Crippen molar-refractivity contribution < 1.29 is 9.21 Å². The molecule has 0 bridgehead atoms. The average molecular weight is 444 g/mol. The Morgan fingerprint density at radius 3 is 2.83 bits per heavy atom. The highest BCUT2D eigenvalue weighted by Gasteiger charge is 2.26. The lowest BCUT2D eigenvalue weighted by atomic mass is 9.92. The molecular formula is C22H25N3O3S2. The van der Waals surface area contributed by atoms with E-state index in [4.69, 9.17) is 9.40 Å². The van der Waals surface area contributed by atoms with Gasteiger partial charge in [0.25, 0.3) is 5.56 Å². The van der Waals surface area contributed by atoms with E-state index in [0.717, 1.165) is 25.1 Å². The van der Waals surface area contributed by atoms with E-state index in [0.29, 0.717) is 39.5 Å². The summed E-state index contributed by atoms with van der Waals surface area (Å²) in [5.74, 6) is 2.05. The van der Waals surface area contributed by atoms with E-state index < -0.39 is 0 Å². The van der Waals surface area contributed by atoms with Crippen LogP contribution >= 0.6 is 23.1 Å². The number of hydrogen-bond donors (Lipinski definition) is 0. The number of thiophene rings is 1. The first-order chi connectivity index (χ1) is 14.5. The third-order valence-corrected chi connectivity index (χ3v) is 7.14. The van der Waals surface area contributed by atoms with Crippen LogP contribution in [0.4, 0.5) is 0 Å². The lowest BCUT2D eigenvalue weighted by molar-refractivity contribution is -0.130. The summed E-state index contributed by atoms with van der Waals surface area (Å²) in [5.41, 5.74) is 0.613. The highest BCUT2D eigenvalue weighted by Crippen LogP contribution is 2.32. The molecule has 0 saturated carbocycles. The van der Waals surface area contributed by atoms with Gasteiger partial charge in [-0.15, -0.1) is 17.9 Å². The number of likely N-dealkylation sites (tertiary alicyclic amines) is 1. The molecule has 0 aromatic carbocycles. The van der Waals surface area contributed by atoms with Crippen LogP contribution in [0.5, 0.6) is 0 Å². The molecule has 4 rings (SSSR count). The van der Waals surface area contributed by atoms with Gasteiger partial charge in [-0.25, -0.2) is 4.98 Å². The molecule has 0 aliphatic carbocycles. The highest BCUT2D eigenvalue weighted by atomic mass is 32.2. The minimum absolute atomic E-state index is 0.0975. The number of fused-ring (bicyclic) bond motifs is 1. The summed E-state index contributed by atoms with van der Waals surface area (Å²) in [6, 6.07) is 3.63. The molecule has 3 aromatic heterocycles. The molecule has 4 heterocycles. The number of nitrogens with zero attached hydrogens (tertiary/aromatic N) is 3. The van der Waals surface area contributed by atoms with Crippen LogP contribution in [0.25, 0.3) is 21.5 Å². The zero-order valence-electron chi connectivity index (χ0n) is 17.2. The number of piperidine rings is 1. The first-order valence-corrected chi connectivity index (χ1v) is 11.9. The summed E-state index contributed by atoms with van der Waals surface area (Å²) in [5, 5.41) is 2.99. The number of carbonyl (C=O) groups excluding carboxylic acids is 1. The molecule has 3 aromatic rings. The van der Waals surface area contributed by atoms with Crippen molar-refractivity contribution in [2.45, 2.75) is 32.0 Å². The average Bonchev–Trinajstić information content (AvgIpc) is 3.37. The normalized spacial score (nSPS) is 19.3. The quantitative estimate of drug-likeness (QED) is 0.319. The van der Waals surface area contributed by atoms with Crippen molar-refractivity contribution in [2.24, 2.45) is 11.8 Å². The summed E-state index contributed by atoms with van der Waals surface area (Å²) in [6.07, 6.45) is 4.42. The van der Waals surface area contributed by atoms with Crippen LogP contribution in [-0.4, -0.2) is 39.2 Å². The van der Waals surface area contributed by atoms with Crippen molar-refractivity contribution >= 4 is 39.2 Å². The van der Waals surface area contributed by atoms with Crippen LogP contribution in [0.3, 0.4) is 0 Å². The molecule has 1 fully saturated rings. The molecule has 2 atom stereocenters. The number of amides is 1. The number of hydrogen-bond acceptors (Lipinski definition) is 6. The van der Waals surface area contributed by atoms with Gasteiger partial charge < -0.3 is 9.32 Å². The van der Waals surface area contributed by atoms with Gasteiger partial charge in [0.2, 0.25) is 5.91 Å². The number of furan rings is 1. The van der Waals surface area contributed by atoms with Gasteiger partial charge in [0.15, 0.2) is 5.16 Å². The Kier molecular flexibility index (Phi) is 6.15. The third-order valence-electron chi connectivity index (χ3n) is 5.30. The van der Waals surface area contributed by atoms with Gasteiger partial charge in [0.05, 0.1) is 17.4 Å². The second-order valence-electron chi connectivity index (χ2n) is 7.94. The standard InChI is InChI=1S/C22H25N3O3S2/c1-4-7-25-21(27)19-16(17-6-5-8-28-17)12-29-20(19)23-22(25)30-13-18(26)24-10-14(2)9-15(3)11-24/h4-6,8,12,14-15H,1,7,9-11,13H2,2-3H3/t14-,15+. The largest absolute Gasteiger partial charge is 0.464 e. The lowest BCUT2D eigenvalue weighted by Crippen LogP contribution is -2.43. The Bertz CT molecular complexity index is 1110. The van der Waals surface area contributed by atoms with Crippen LogP contribution < -0.4 is 5.56 Å². The lowest BCUT2D eigenvalue weighted by Gasteiger charge is -2.35. The van der Waals surface area contributed by atoms with Gasteiger partial charge in [-0.3, -0.25) is 14.2 Å². The summed E-state index contributed by atoms with van der Waals surface area (Å²) in [6.45, 7) is 10.1. The SMILES string of the molecule is C=CCn1c(SCC(=O)N2C[C@H](C)C[C@H](C)C2)nc2scc(-c3ccco3)c2c1=O. The van der Waals surface area contributed by atoms with Crippen molar-refractivity contribution in [1.82, 2.24) is 14.5 Å². The second kappa shape index (κ2) is 8.81. The Morgan fingerprint density at radius 2 is 2.17 bits per heavy atom. The predicted octanol–water partition coefficient (Wildman–Crippen LogP) is 4.50. The maximum absolute atomic E-state index is 13.3. The molecular weight excluding hydrogens is 418 g/mol. The molecule has 0 unspecified atom stereocenters. The minimum Gasteiger partial charge on any atom is -0.464 e. The minimum atomic E-state index is -0.136. The smallest absolute Gasteiger partial charge is 0.263 e. The highest BCUT2D eigenvalue weighted by molar-refractivity contribution is 7.99. The molecule has 1 saturated heterocycles. The van der Waals surface area contributed by atoms with Gasteiger partial charge in [0, 0.05) is 30.6 Å². The van der Waals surface area contributed by atoms with E-state index in [2.05, 4.69) is 20.4 Å². The molecule has 158 valence electrons. The van der Waals surface area contributed by atoms with Crippen LogP contribution in [0.15, 0.2) is 50.8 Å². The van der Waals surface area contributed by atoms with E-state index in [-0.39, 0.29) is 17.2 Å². The monoisotopic (exact) mass is 443 g/mol. The zero-order chi connectivity index (χ0) is 21.3. The Morgan fingerprint density at radius 1 is 1.40 bits per heavy atom. The summed E-state index contributed by atoms with van der Waals surface area (Å²) in [7, 11) is 0. The van der Waals surface area contributed by atoms with E-state index in [1.807, 2.05) is 16.3 Å². The van der Waals surface area contributed by atoms with Crippen LogP contribution in [0.1, 0.15) is 20.3 Å². The van der Waals surface area contributed by atoms with E-state index >= 15 is 0 Å². The fourth-order valence-electron chi connectivity index (χ4n) is 4.10. The molecule has 30 heavy (non-hydrogen) atoms. The van der Waals surface area contributed by atoms with Crippen LogP contribution in [0, 0.1) is 11.8 Å².